The monoisotopic (exact) mass is 469 g/mol. The Balaban J connectivity index is 1.58. The summed E-state index contributed by atoms with van der Waals surface area (Å²) in [6.45, 7) is 5.41. The molecule has 0 radical (unpaired) electrons. The number of amides is 1. The Kier molecular flexibility index (Phi) is 5.72. The number of carbonyl (C=O) groups excluding carboxylic acids is 1. The highest BCUT2D eigenvalue weighted by Gasteiger charge is 2.49. The number of nitrogens with zero attached hydrogens (tertiary/aromatic N) is 1. The van der Waals surface area contributed by atoms with Crippen molar-refractivity contribution in [2.24, 2.45) is 5.41 Å². The molecule has 0 saturated heterocycles. The second kappa shape index (κ2) is 7.97. The molecule has 1 spiro atoms. The Morgan fingerprint density at radius 2 is 1.84 bits per heavy atom. The molecule has 9 heteroatoms. The fourth-order valence-corrected chi connectivity index (χ4v) is 4.77. The number of halogens is 4. The molecule has 2 N–H and O–H groups in total. The summed E-state index contributed by atoms with van der Waals surface area (Å²) < 4.78 is 45.7. The predicted octanol–water partition coefficient (Wildman–Crippen LogP) is 6.54. The molecule has 32 heavy (non-hydrogen) atoms. The van der Waals surface area contributed by atoms with Crippen LogP contribution in [0.1, 0.15) is 58.6 Å². The summed E-state index contributed by atoms with van der Waals surface area (Å²) in [5.41, 5.74) is -0.856. The van der Waals surface area contributed by atoms with Crippen molar-refractivity contribution in [3.63, 3.8) is 0 Å². The zero-order chi connectivity index (χ0) is 23.3. The molecule has 0 aliphatic heterocycles. The lowest BCUT2D eigenvalue weighted by Crippen LogP contribution is -2.46. The van der Waals surface area contributed by atoms with Crippen molar-refractivity contribution < 1.29 is 22.7 Å². The van der Waals surface area contributed by atoms with Crippen LogP contribution in [0.4, 0.5) is 23.7 Å². The van der Waals surface area contributed by atoms with Crippen molar-refractivity contribution in [3.8, 4) is 0 Å². The van der Waals surface area contributed by atoms with Gasteiger partial charge in [-0.05, 0) is 82.6 Å². The number of benzene rings is 1. The SMILES string of the molecule is CC(C)(C)OC(=O)NC1CC(Nc2cc(C(F)(F)F)nc3ccc(Cl)cc23)CC2(CC2)C1. The van der Waals surface area contributed by atoms with Gasteiger partial charge in [0.05, 0.1) is 5.52 Å². The maximum Gasteiger partial charge on any atom is 0.433 e. The van der Waals surface area contributed by atoms with E-state index in [1.807, 2.05) is 0 Å². The average molecular weight is 470 g/mol. The topological polar surface area (TPSA) is 63.2 Å². The molecule has 1 amide bonds. The molecule has 2 fully saturated rings. The van der Waals surface area contributed by atoms with Crippen LogP contribution in [0.25, 0.3) is 10.9 Å². The van der Waals surface area contributed by atoms with Crippen molar-refractivity contribution in [2.75, 3.05) is 5.32 Å². The second-order valence-electron chi connectivity index (χ2n) is 10.0. The standard InChI is InChI=1S/C23H27ClF3N3O2/c1-21(2,3)32-20(31)29-15-9-14(11-22(12-15)6-7-22)28-18-10-19(23(25,26)27)30-17-5-4-13(24)8-16(17)18/h4-5,8,10,14-15H,6-7,9,11-12H2,1-3H3,(H,28,30)(H,29,31). The van der Waals surface area contributed by atoms with E-state index in [2.05, 4.69) is 15.6 Å². The van der Waals surface area contributed by atoms with Crippen LogP contribution in [0.2, 0.25) is 5.02 Å². The summed E-state index contributed by atoms with van der Waals surface area (Å²) in [6.07, 6.45) is -0.656. The van der Waals surface area contributed by atoms with Gasteiger partial charge in [-0.15, -0.1) is 0 Å². The van der Waals surface area contributed by atoms with Gasteiger partial charge in [0.2, 0.25) is 0 Å². The smallest absolute Gasteiger partial charge is 0.433 e. The Bertz CT molecular complexity index is 1030. The molecule has 0 bridgehead atoms. The van der Waals surface area contributed by atoms with Gasteiger partial charge in [0.1, 0.15) is 11.3 Å². The first-order valence-corrected chi connectivity index (χ1v) is 11.1. The van der Waals surface area contributed by atoms with Crippen LogP contribution in [0.15, 0.2) is 24.3 Å². The first-order valence-electron chi connectivity index (χ1n) is 10.8. The van der Waals surface area contributed by atoms with E-state index in [-0.39, 0.29) is 23.0 Å². The number of ether oxygens (including phenoxy) is 1. The largest absolute Gasteiger partial charge is 0.444 e. The second-order valence-corrected chi connectivity index (χ2v) is 10.5. The minimum atomic E-state index is -4.56. The molecular weight excluding hydrogens is 443 g/mol. The first-order chi connectivity index (χ1) is 14.8. The molecule has 2 atom stereocenters. The first kappa shape index (κ1) is 23.0. The Labute approximate surface area is 190 Å². The molecule has 2 aliphatic carbocycles. The van der Waals surface area contributed by atoms with E-state index in [4.69, 9.17) is 16.3 Å². The molecule has 1 aromatic heterocycles. The van der Waals surface area contributed by atoms with E-state index >= 15 is 0 Å². The molecule has 2 unspecified atom stereocenters. The summed E-state index contributed by atoms with van der Waals surface area (Å²) in [4.78, 5) is 16.1. The number of nitrogens with one attached hydrogen (secondary N) is 2. The van der Waals surface area contributed by atoms with E-state index in [1.54, 1.807) is 26.8 Å². The number of rotatable bonds is 3. The minimum absolute atomic E-state index is 0.100. The summed E-state index contributed by atoms with van der Waals surface area (Å²) >= 11 is 6.11. The van der Waals surface area contributed by atoms with Crippen LogP contribution >= 0.6 is 11.6 Å². The number of alkyl halides is 3. The molecule has 4 rings (SSSR count). The lowest BCUT2D eigenvalue weighted by atomic mass is 9.79. The summed E-state index contributed by atoms with van der Waals surface area (Å²) in [5, 5.41) is 7.24. The van der Waals surface area contributed by atoms with Gasteiger partial charge >= 0.3 is 12.3 Å². The van der Waals surface area contributed by atoms with Gasteiger partial charge in [-0.3, -0.25) is 0 Å². The van der Waals surface area contributed by atoms with Gasteiger partial charge in [-0.2, -0.15) is 13.2 Å². The van der Waals surface area contributed by atoms with Gasteiger partial charge in [0.25, 0.3) is 0 Å². The summed E-state index contributed by atoms with van der Waals surface area (Å²) in [7, 11) is 0. The number of fused-ring (bicyclic) bond motifs is 1. The third kappa shape index (κ3) is 5.39. The lowest BCUT2D eigenvalue weighted by Gasteiger charge is -2.37. The van der Waals surface area contributed by atoms with Crippen molar-refractivity contribution in [3.05, 3.63) is 35.0 Å². The molecular formula is C23H27ClF3N3O2. The predicted molar refractivity (Wildman–Crippen MR) is 118 cm³/mol. The zero-order valence-corrected chi connectivity index (χ0v) is 19.0. The molecule has 174 valence electrons. The number of aromatic nitrogens is 1. The molecule has 2 aliphatic rings. The Morgan fingerprint density at radius 3 is 2.47 bits per heavy atom. The van der Waals surface area contributed by atoms with Gasteiger partial charge in [-0.1, -0.05) is 11.6 Å². The molecule has 5 nitrogen and oxygen atoms in total. The van der Waals surface area contributed by atoms with E-state index in [1.165, 1.54) is 12.1 Å². The van der Waals surface area contributed by atoms with Crippen LogP contribution in [-0.4, -0.2) is 28.8 Å². The highest BCUT2D eigenvalue weighted by atomic mass is 35.5. The van der Waals surface area contributed by atoms with Crippen LogP contribution in [0.3, 0.4) is 0 Å². The maximum absolute atomic E-state index is 13.4. The Hall–Kier alpha value is -2.22. The summed E-state index contributed by atoms with van der Waals surface area (Å²) in [6, 6.07) is 5.48. The van der Waals surface area contributed by atoms with Crippen molar-refractivity contribution in [2.45, 2.75) is 76.7 Å². The van der Waals surface area contributed by atoms with Gasteiger partial charge in [0, 0.05) is 28.2 Å². The third-order valence-corrected chi connectivity index (χ3v) is 6.26. The fourth-order valence-electron chi connectivity index (χ4n) is 4.60. The number of pyridine rings is 1. The maximum atomic E-state index is 13.4. The van der Waals surface area contributed by atoms with Crippen molar-refractivity contribution >= 4 is 34.3 Å². The third-order valence-electron chi connectivity index (χ3n) is 6.03. The van der Waals surface area contributed by atoms with Crippen molar-refractivity contribution in [1.82, 2.24) is 10.3 Å². The number of carbonyl (C=O) groups is 1. The lowest BCUT2D eigenvalue weighted by molar-refractivity contribution is -0.140. The average Bonchev–Trinajstić information content (AvgIpc) is 3.37. The van der Waals surface area contributed by atoms with Crippen LogP contribution in [0, 0.1) is 5.41 Å². The van der Waals surface area contributed by atoms with Crippen LogP contribution < -0.4 is 10.6 Å². The highest BCUT2D eigenvalue weighted by molar-refractivity contribution is 6.31. The Morgan fingerprint density at radius 1 is 1.16 bits per heavy atom. The van der Waals surface area contributed by atoms with E-state index in [0.29, 0.717) is 22.5 Å². The molecule has 2 saturated carbocycles. The van der Waals surface area contributed by atoms with Crippen molar-refractivity contribution in [1.29, 1.82) is 0 Å². The van der Waals surface area contributed by atoms with E-state index in [0.717, 1.165) is 31.7 Å². The van der Waals surface area contributed by atoms with E-state index < -0.39 is 23.6 Å². The van der Waals surface area contributed by atoms with Gasteiger partial charge in [0.15, 0.2) is 0 Å². The van der Waals surface area contributed by atoms with Crippen LogP contribution in [0.5, 0.6) is 0 Å². The van der Waals surface area contributed by atoms with Gasteiger partial charge in [-0.25, -0.2) is 9.78 Å². The van der Waals surface area contributed by atoms with Gasteiger partial charge < -0.3 is 15.4 Å². The van der Waals surface area contributed by atoms with Crippen LogP contribution in [-0.2, 0) is 10.9 Å². The quantitative estimate of drug-likeness (QED) is 0.535. The number of hydrogen-bond donors (Lipinski definition) is 2. The zero-order valence-electron chi connectivity index (χ0n) is 18.3. The molecule has 1 aromatic carbocycles. The highest BCUT2D eigenvalue weighted by Crippen LogP contribution is 2.56. The summed E-state index contributed by atoms with van der Waals surface area (Å²) in [5.74, 6) is 0. The van der Waals surface area contributed by atoms with E-state index in [9.17, 15) is 18.0 Å². The number of anilines is 1. The normalized spacial score (nSPS) is 22.6. The minimum Gasteiger partial charge on any atom is -0.444 e. The number of hydrogen-bond acceptors (Lipinski definition) is 4. The molecule has 1 heterocycles. The molecule has 2 aromatic rings. The number of alkyl carbamates (subject to hydrolysis) is 1. The fraction of sp³-hybridized carbons (Fsp3) is 0.565.